The first kappa shape index (κ1) is 12.3. The van der Waals surface area contributed by atoms with Crippen molar-refractivity contribution in [1.82, 2.24) is 4.98 Å². The third-order valence-electron chi connectivity index (χ3n) is 2.51. The molecule has 2 N–H and O–H groups in total. The fourth-order valence-corrected chi connectivity index (χ4v) is 1.55. The number of carbonyl (C=O) groups excluding carboxylic acids is 1. The third kappa shape index (κ3) is 2.75. The van der Waals surface area contributed by atoms with E-state index in [1.54, 1.807) is 12.3 Å². The van der Waals surface area contributed by atoms with Gasteiger partial charge < -0.3 is 15.2 Å². The Morgan fingerprint density at radius 2 is 2.28 bits per heavy atom. The maximum atomic E-state index is 11.1. The van der Waals surface area contributed by atoms with Gasteiger partial charge in [-0.3, -0.25) is 9.78 Å². The van der Waals surface area contributed by atoms with Crippen LogP contribution in [0.1, 0.15) is 0 Å². The van der Waals surface area contributed by atoms with Gasteiger partial charge in [0.05, 0.1) is 12.6 Å². The molecule has 1 atom stereocenters. The maximum absolute atomic E-state index is 11.1. The highest BCUT2D eigenvalue weighted by molar-refractivity contribution is 5.79. The van der Waals surface area contributed by atoms with Gasteiger partial charge in [-0.15, -0.1) is 0 Å². The van der Waals surface area contributed by atoms with E-state index in [4.69, 9.17) is 10.5 Å². The number of fused-ring (bicyclic) bond motifs is 1. The summed E-state index contributed by atoms with van der Waals surface area (Å²) in [7, 11) is 1.30. The van der Waals surface area contributed by atoms with Gasteiger partial charge in [0, 0.05) is 11.6 Å². The molecule has 0 fully saturated rings. The number of hydrogen-bond donors (Lipinski definition) is 1. The Hall–Kier alpha value is -2.14. The van der Waals surface area contributed by atoms with E-state index in [0.29, 0.717) is 5.75 Å². The topological polar surface area (TPSA) is 74.4 Å². The number of nitrogens with zero attached hydrogens (tertiary/aromatic N) is 1. The van der Waals surface area contributed by atoms with Gasteiger partial charge in [0.2, 0.25) is 0 Å². The van der Waals surface area contributed by atoms with Gasteiger partial charge in [-0.25, -0.2) is 0 Å². The van der Waals surface area contributed by atoms with Crippen molar-refractivity contribution in [3.8, 4) is 5.75 Å². The number of aromatic nitrogens is 1. The highest BCUT2D eigenvalue weighted by atomic mass is 16.5. The molecule has 18 heavy (non-hydrogen) atoms. The van der Waals surface area contributed by atoms with Crippen molar-refractivity contribution in [2.75, 3.05) is 13.7 Å². The Morgan fingerprint density at radius 1 is 1.44 bits per heavy atom. The lowest BCUT2D eigenvalue weighted by molar-refractivity contribution is -0.142. The molecule has 0 aliphatic rings. The monoisotopic (exact) mass is 246 g/mol. The smallest absolute Gasteiger partial charge is 0.326 e. The first-order chi connectivity index (χ1) is 8.70. The van der Waals surface area contributed by atoms with E-state index < -0.39 is 12.0 Å². The molecule has 0 saturated carbocycles. The second-order valence-electron chi connectivity index (χ2n) is 3.80. The van der Waals surface area contributed by atoms with Crippen LogP contribution >= 0.6 is 0 Å². The summed E-state index contributed by atoms with van der Waals surface area (Å²) in [6, 6.07) is 8.52. The van der Waals surface area contributed by atoms with Crippen molar-refractivity contribution >= 4 is 16.9 Å². The van der Waals surface area contributed by atoms with Crippen molar-refractivity contribution in [2.45, 2.75) is 6.04 Å². The minimum Gasteiger partial charge on any atom is -0.491 e. The van der Waals surface area contributed by atoms with E-state index in [9.17, 15) is 4.79 Å². The van der Waals surface area contributed by atoms with Crippen LogP contribution in [-0.4, -0.2) is 30.7 Å². The van der Waals surface area contributed by atoms with Gasteiger partial charge in [0.25, 0.3) is 0 Å². The van der Waals surface area contributed by atoms with Gasteiger partial charge in [0.1, 0.15) is 18.4 Å². The molecule has 0 radical (unpaired) electrons. The molecule has 1 unspecified atom stereocenters. The predicted octanol–water partition coefficient (Wildman–Crippen LogP) is 1.11. The van der Waals surface area contributed by atoms with Crippen LogP contribution < -0.4 is 10.5 Å². The summed E-state index contributed by atoms with van der Waals surface area (Å²) < 4.78 is 9.96. The number of rotatable bonds is 4. The number of benzene rings is 1. The summed E-state index contributed by atoms with van der Waals surface area (Å²) in [4.78, 5) is 15.3. The van der Waals surface area contributed by atoms with Crippen LogP contribution in [0.15, 0.2) is 36.5 Å². The zero-order chi connectivity index (χ0) is 13.0. The molecule has 0 amide bonds. The fourth-order valence-electron chi connectivity index (χ4n) is 1.55. The van der Waals surface area contributed by atoms with Gasteiger partial charge in [0.15, 0.2) is 0 Å². The van der Waals surface area contributed by atoms with Crippen molar-refractivity contribution in [3.63, 3.8) is 0 Å². The van der Waals surface area contributed by atoms with E-state index in [1.807, 2.05) is 24.3 Å². The molecule has 5 nitrogen and oxygen atoms in total. The summed E-state index contributed by atoms with van der Waals surface area (Å²) in [5, 5.41) is 0.974. The lowest BCUT2D eigenvalue weighted by atomic mass is 10.2. The molecule has 0 bridgehead atoms. The molecule has 2 rings (SSSR count). The van der Waals surface area contributed by atoms with Crippen LogP contribution in [0.4, 0.5) is 0 Å². The number of carbonyl (C=O) groups is 1. The summed E-state index contributed by atoms with van der Waals surface area (Å²) in [6.45, 7) is 0.0818. The number of methoxy groups -OCH3 is 1. The number of pyridine rings is 1. The Morgan fingerprint density at radius 3 is 3.06 bits per heavy atom. The molecule has 1 aromatic heterocycles. The maximum Gasteiger partial charge on any atom is 0.326 e. The van der Waals surface area contributed by atoms with Crippen LogP contribution in [0.3, 0.4) is 0 Å². The minimum absolute atomic E-state index is 0.0818. The van der Waals surface area contributed by atoms with E-state index in [2.05, 4.69) is 9.72 Å². The highest BCUT2D eigenvalue weighted by Crippen LogP contribution is 2.18. The molecule has 0 aliphatic carbocycles. The zero-order valence-corrected chi connectivity index (χ0v) is 10.00. The van der Waals surface area contributed by atoms with Crippen LogP contribution in [0, 0.1) is 0 Å². The molecule has 1 heterocycles. The first-order valence-corrected chi connectivity index (χ1v) is 5.51. The average molecular weight is 246 g/mol. The van der Waals surface area contributed by atoms with Crippen molar-refractivity contribution in [3.05, 3.63) is 36.5 Å². The largest absolute Gasteiger partial charge is 0.491 e. The second-order valence-corrected chi connectivity index (χ2v) is 3.80. The number of esters is 1. The van der Waals surface area contributed by atoms with E-state index in [0.717, 1.165) is 10.9 Å². The molecule has 0 saturated heterocycles. The third-order valence-corrected chi connectivity index (χ3v) is 2.51. The van der Waals surface area contributed by atoms with Gasteiger partial charge in [-0.2, -0.15) is 0 Å². The van der Waals surface area contributed by atoms with Gasteiger partial charge in [-0.05, 0) is 24.3 Å². The Balaban J connectivity index is 2.06. The molecule has 0 aliphatic heterocycles. The summed E-state index contributed by atoms with van der Waals surface area (Å²) in [5.74, 6) is 0.160. The Kier molecular flexibility index (Phi) is 3.74. The summed E-state index contributed by atoms with van der Waals surface area (Å²) in [5.41, 5.74) is 6.47. The average Bonchev–Trinajstić information content (AvgIpc) is 2.43. The van der Waals surface area contributed by atoms with Crippen LogP contribution in [-0.2, 0) is 9.53 Å². The van der Waals surface area contributed by atoms with E-state index >= 15 is 0 Å². The zero-order valence-electron chi connectivity index (χ0n) is 10.00. The Bertz CT molecular complexity index is 557. The van der Waals surface area contributed by atoms with E-state index in [-0.39, 0.29) is 6.61 Å². The van der Waals surface area contributed by atoms with Crippen LogP contribution in [0.2, 0.25) is 0 Å². The molecule has 94 valence electrons. The molecule has 2 aromatic rings. The Labute approximate surface area is 105 Å². The standard InChI is InChI=1S/C13H14N2O3/c1-17-13(16)11(14)8-18-10-4-5-12-9(7-10)3-2-6-15-12/h2-7,11H,8,14H2,1H3. The summed E-state index contributed by atoms with van der Waals surface area (Å²) >= 11 is 0. The minimum atomic E-state index is -0.778. The molecule has 0 spiro atoms. The normalized spacial score (nSPS) is 12.1. The molecule has 1 aromatic carbocycles. The number of ether oxygens (including phenoxy) is 2. The SMILES string of the molecule is COC(=O)C(N)COc1ccc2ncccc2c1. The molecule has 5 heteroatoms. The molecular formula is C13H14N2O3. The predicted molar refractivity (Wildman–Crippen MR) is 67.2 cm³/mol. The first-order valence-electron chi connectivity index (χ1n) is 5.51. The number of nitrogens with two attached hydrogens (primary N) is 1. The highest BCUT2D eigenvalue weighted by Gasteiger charge is 2.14. The van der Waals surface area contributed by atoms with Crippen molar-refractivity contribution < 1.29 is 14.3 Å². The van der Waals surface area contributed by atoms with Crippen LogP contribution in [0.25, 0.3) is 10.9 Å². The van der Waals surface area contributed by atoms with Crippen molar-refractivity contribution in [1.29, 1.82) is 0 Å². The second kappa shape index (κ2) is 5.46. The van der Waals surface area contributed by atoms with Gasteiger partial charge in [-0.1, -0.05) is 6.07 Å². The molecular weight excluding hydrogens is 232 g/mol. The fraction of sp³-hybridized carbons (Fsp3) is 0.231. The quantitative estimate of drug-likeness (QED) is 0.818. The summed E-state index contributed by atoms with van der Waals surface area (Å²) in [6.07, 6.45) is 1.73. The van der Waals surface area contributed by atoms with Crippen molar-refractivity contribution in [2.24, 2.45) is 5.73 Å². The number of hydrogen-bond acceptors (Lipinski definition) is 5. The lowest BCUT2D eigenvalue weighted by Crippen LogP contribution is -2.37. The van der Waals surface area contributed by atoms with Crippen LogP contribution in [0.5, 0.6) is 5.75 Å². The van der Waals surface area contributed by atoms with Gasteiger partial charge >= 0.3 is 5.97 Å². The lowest BCUT2D eigenvalue weighted by Gasteiger charge is -2.11. The van der Waals surface area contributed by atoms with E-state index in [1.165, 1.54) is 7.11 Å².